The molecule has 1 aromatic heterocycles. The number of nitrogens with zero attached hydrogens (tertiary/aromatic N) is 2. The van der Waals surface area contributed by atoms with Crippen molar-refractivity contribution in [2.24, 2.45) is 5.73 Å². The predicted octanol–water partition coefficient (Wildman–Crippen LogP) is 1.18. The molecule has 0 saturated heterocycles. The van der Waals surface area contributed by atoms with Crippen molar-refractivity contribution in [3.8, 4) is 11.4 Å². The van der Waals surface area contributed by atoms with Gasteiger partial charge in [-0.1, -0.05) is 5.16 Å². The van der Waals surface area contributed by atoms with Crippen molar-refractivity contribution in [1.29, 1.82) is 0 Å². The van der Waals surface area contributed by atoms with Gasteiger partial charge in [0.1, 0.15) is 11.9 Å². The van der Waals surface area contributed by atoms with Crippen LogP contribution in [0.25, 0.3) is 11.4 Å². The normalized spacial score (nSPS) is 12.7. The van der Waals surface area contributed by atoms with Crippen LogP contribution in [0.2, 0.25) is 0 Å². The molecule has 3 N–H and O–H groups in total. The van der Waals surface area contributed by atoms with Crippen LogP contribution in [0, 0.1) is 12.7 Å². The number of benzene rings is 1. The second-order valence-corrected chi connectivity index (χ2v) is 3.72. The molecule has 17 heavy (non-hydrogen) atoms. The molecule has 0 saturated carbocycles. The van der Waals surface area contributed by atoms with Crippen LogP contribution < -0.4 is 5.73 Å². The summed E-state index contributed by atoms with van der Waals surface area (Å²) in [4.78, 5) is 3.96. The molecule has 5 nitrogen and oxygen atoms in total. The minimum Gasteiger partial charge on any atom is -0.382 e. The molecule has 0 unspecified atom stereocenters. The lowest BCUT2D eigenvalue weighted by Gasteiger charge is -1.99. The number of aliphatic hydroxyl groups excluding tert-OH is 1. The van der Waals surface area contributed by atoms with Crippen molar-refractivity contribution in [3.05, 3.63) is 35.5 Å². The van der Waals surface area contributed by atoms with Crippen LogP contribution in [0.3, 0.4) is 0 Å². The van der Waals surface area contributed by atoms with Gasteiger partial charge < -0.3 is 15.4 Å². The molecule has 0 fully saturated rings. The Labute approximate surface area is 97.1 Å². The van der Waals surface area contributed by atoms with E-state index >= 15 is 0 Å². The maximum absolute atomic E-state index is 13.2. The number of nitrogens with two attached hydrogens (primary N) is 1. The molecule has 0 bridgehead atoms. The van der Waals surface area contributed by atoms with Gasteiger partial charge in [0.05, 0.1) is 0 Å². The Bertz CT molecular complexity index is 507. The quantitative estimate of drug-likeness (QED) is 0.837. The van der Waals surface area contributed by atoms with Crippen molar-refractivity contribution in [2.75, 3.05) is 6.54 Å². The monoisotopic (exact) mass is 237 g/mol. The second-order valence-electron chi connectivity index (χ2n) is 3.72. The van der Waals surface area contributed by atoms with E-state index in [1.54, 1.807) is 13.0 Å². The van der Waals surface area contributed by atoms with Gasteiger partial charge in [-0.3, -0.25) is 0 Å². The largest absolute Gasteiger partial charge is 0.382 e. The van der Waals surface area contributed by atoms with Crippen molar-refractivity contribution in [3.63, 3.8) is 0 Å². The van der Waals surface area contributed by atoms with Gasteiger partial charge in [-0.05, 0) is 30.7 Å². The van der Waals surface area contributed by atoms with Gasteiger partial charge >= 0.3 is 0 Å². The summed E-state index contributed by atoms with van der Waals surface area (Å²) in [5.41, 5.74) is 6.52. The van der Waals surface area contributed by atoms with Gasteiger partial charge in [0.25, 0.3) is 5.89 Å². The average molecular weight is 237 g/mol. The molecule has 0 aliphatic carbocycles. The average Bonchev–Trinajstić information content (AvgIpc) is 2.76. The second kappa shape index (κ2) is 4.60. The van der Waals surface area contributed by atoms with E-state index in [1.807, 2.05) is 0 Å². The fraction of sp³-hybridized carbons (Fsp3) is 0.273. The summed E-state index contributed by atoms with van der Waals surface area (Å²) >= 11 is 0. The Kier molecular flexibility index (Phi) is 3.16. The SMILES string of the molecule is Cc1cc(F)cc(-c2noc([C@@H](O)CN)n2)c1. The number of aromatic nitrogens is 2. The van der Waals surface area contributed by atoms with E-state index in [9.17, 15) is 9.50 Å². The highest BCUT2D eigenvalue weighted by Gasteiger charge is 2.15. The number of hydrogen-bond acceptors (Lipinski definition) is 5. The predicted molar refractivity (Wildman–Crippen MR) is 58.4 cm³/mol. The fourth-order valence-electron chi connectivity index (χ4n) is 1.45. The lowest BCUT2D eigenvalue weighted by molar-refractivity contribution is 0.141. The van der Waals surface area contributed by atoms with Crippen molar-refractivity contribution in [1.82, 2.24) is 10.1 Å². The molecule has 90 valence electrons. The molecule has 0 aliphatic heterocycles. The molecule has 2 rings (SSSR count). The lowest BCUT2D eigenvalue weighted by atomic mass is 10.1. The summed E-state index contributed by atoms with van der Waals surface area (Å²) in [6.45, 7) is 1.76. The third-order valence-electron chi connectivity index (χ3n) is 2.25. The first-order valence-electron chi connectivity index (χ1n) is 5.09. The Balaban J connectivity index is 2.36. The van der Waals surface area contributed by atoms with Crippen LogP contribution in [-0.4, -0.2) is 21.8 Å². The third kappa shape index (κ3) is 2.48. The maximum atomic E-state index is 13.2. The highest BCUT2D eigenvalue weighted by molar-refractivity contribution is 5.55. The number of rotatable bonds is 3. The Morgan fingerprint density at radius 2 is 2.24 bits per heavy atom. The Morgan fingerprint density at radius 3 is 2.88 bits per heavy atom. The molecule has 0 spiro atoms. The van der Waals surface area contributed by atoms with Crippen LogP contribution in [0.1, 0.15) is 17.6 Å². The van der Waals surface area contributed by atoms with Crippen LogP contribution in [0.15, 0.2) is 22.7 Å². The van der Waals surface area contributed by atoms with E-state index in [4.69, 9.17) is 10.3 Å². The highest BCUT2D eigenvalue weighted by Crippen LogP contribution is 2.20. The van der Waals surface area contributed by atoms with Gasteiger partial charge in [0.2, 0.25) is 5.82 Å². The third-order valence-corrected chi connectivity index (χ3v) is 2.25. The van der Waals surface area contributed by atoms with Crippen LogP contribution >= 0.6 is 0 Å². The molecule has 2 aromatic rings. The first kappa shape index (κ1) is 11.7. The van der Waals surface area contributed by atoms with Gasteiger partial charge in [0.15, 0.2) is 0 Å². The number of hydrogen-bond donors (Lipinski definition) is 2. The first-order valence-corrected chi connectivity index (χ1v) is 5.09. The van der Waals surface area contributed by atoms with E-state index in [0.29, 0.717) is 5.56 Å². The van der Waals surface area contributed by atoms with Gasteiger partial charge in [-0.15, -0.1) is 0 Å². The molecule has 1 aromatic carbocycles. The zero-order valence-electron chi connectivity index (χ0n) is 9.22. The summed E-state index contributed by atoms with van der Waals surface area (Å²) in [5, 5.41) is 13.1. The smallest absolute Gasteiger partial charge is 0.257 e. The number of halogens is 1. The van der Waals surface area contributed by atoms with Gasteiger partial charge in [-0.2, -0.15) is 4.98 Å². The van der Waals surface area contributed by atoms with Crippen molar-refractivity contribution < 1.29 is 14.0 Å². The minimum atomic E-state index is -0.995. The maximum Gasteiger partial charge on any atom is 0.257 e. The summed E-state index contributed by atoms with van der Waals surface area (Å²) in [6.07, 6.45) is -0.995. The summed E-state index contributed by atoms with van der Waals surface area (Å²) in [5.74, 6) is -0.106. The highest BCUT2D eigenvalue weighted by atomic mass is 19.1. The summed E-state index contributed by atoms with van der Waals surface area (Å²) in [6, 6.07) is 4.43. The molecule has 1 atom stereocenters. The Hall–Kier alpha value is -1.79. The van der Waals surface area contributed by atoms with E-state index < -0.39 is 6.10 Å². The van der Waals surface area contributed by atoms with Crippen LogP contribution in [0.4, 0.5) is 4.39 Å². The lowest BCUT2D eigenvalue weighted by Crippen LogP contribution is -2.11. The zero-order chi connectivity index (χ0) is 12.4. The van der Waals surface area contributed by atoms with E-state index in [2.05, 4.69) is 10.1 Å². The summed E-state index contributed by atoms with van der Waals surface area (Å²) < 4.78 is 18.0. The van der Waals surface area contributed by atoms with E-state index in [1.165, 1.54) is 12.1 Å². The van der Waals surface area contributed by atoms with Crippen LogP contribution in [-0.2, 0) is 0 Å². The fourth-order valence-corrected chi connectivity index (χ4v) is 1.45. The van der Waals surface area contributed by atoms with Crippen molar-refractivity contribution in [2.45, 2.75) is 13.0 Å². The minimum absolute atomic E-state index is 0.0101. The van der Waals surface area contributed by atoms with Crippen LogP contribution in [0.5, 0.6) is 0 Å². The molecular weight excluding hydrogens is 225 g/mol. The number of aliphatic hydroxyl groups is 1. The molecule has 0 amide bonds. The standard InChI is InChI=1S/C11H12FN3O2/c1-6-2-7(4-8(12)3-6)10-14-11(17-15-10)9(16)5-13/h2-4,9,16H,5,13H2,1H3/t9-/m0/s1. The molecule has 0 aliphatic rings. The summed E-state index contributed by atoms with van der Waals surface area (Å²) in [7, 11) is 0. The molecule has 6 heteroatoms. The Morgan fingerprint density at radius 1 is 1.47 bits per heavy atom. The van der Waals surface area contributed by atoms with E-state index in [0.717, 1.165) is 5.56 Å². The number of aryl methyl sites for hydroxylation is 1. The zero-order valence-corrected chi connectivity index (χ0v) is 9.22. The van der Waals surface area contributed by atoms with Gasteiger partial charge in [-0.25, -0.2) is 4.39 Å². The van der Waals surface area contributed by atoms with E-state index in [-0.39, 0.29) is 24.1 Å². The first-order chi connectivity index (χ1) is 8.10. The molecular formula is C11H12FN3O2. The van der Waals surface area contributed by atoms with Crippen molar-refractivity contribution >= 4 is 0 Å². The topological polar surface area (TPSA) is 85.2 Å². The molecule has 0 radical (unpaired) electrons. The van der Waals surface area contributed by atoms with Gasteiger partial charge in [0, 0.05) is 12.1 Å². The molecule has 1 heterocycles.